The lowest BCUT2D eigenvalue weighted by Crippen LogP contribution is -2.18. The fourth-order valence-electron chi connectivity index (χ4n) is 4.45. The molecule has 0 amide bonds. The first-order valence-corrected chi connectivity index (χ1v) is 9.85. The highest BCUT2D eigenvalue weighted by molar-refractivity contribution is 5.77. The average molecular weight is 328 g/mol. The predicted molar refractivity (Wildman–Crippen MR) is 108 cm³/mol. The van der Waals surface area contributed by atoms with Crippen LogP contribution < -0.4 is 0 Å². The number of benzene rings is 1. The zero-order valence-electron chi connectivity index (χ0n) is 15.2. The second-order valence-electron chi connectivity index (χ2n) is 7.67. The first-order chi connectivity index (χ1) is 12.3. The lowest BCUT2D eigenvalue weighted by atomic mass is 9.73. The average Bonchev–Trinajstić information content (AvgIpc) is 2.70. The molecule has 1 saturated carbocycles. The lowest BCUT2D eigenvalue weighted by Gasteiger charge is -2.31. The van der Waals surface area contributed by atoms with Crippen LogP contribution in [0.25, 0.3) is 5.57 Å². The van der Waals surface area contributed by atoms with Crippen LogP contribution in [0.15, 0.2) is 71.9 Å². The molecule has 0 spiro atoms. The lowest BCUT2D eigenvalue weighted by molar-refractivity contribution is 0.404. The normalized spacial score (nSPS) is 25.3. The second kappa shape index (κ2) is 7.60. The van der Waals surface area contributed by atoms with Crippen LogP contribution >= 0.6 is 0 Å². The Labute approximate surface area is 153 Å². The zero-order valence-corrected chi connectivity index (χ0v) is 15.2. The van der Waals surface area contributed by atoms with E-state index in [1.807, 2.05) is 0 Å². The molecule has 0 heteroatoms. The van der Waals surface area contributed by atoms with Crippen molar-refractivity contribution in [2.75, 3.05) is 0 Å². The molecular formula is C25H28. The van der Waals surface area contributed by atoms with Gasteiger partial charge in [-0.3, -0.25) is 0 Å². The van der Waals surface area contributed by atoms with Gasteiger partial charge in [0.1, 0.15) is 0 Å². The molecular weight excluding hydrogens is 300 g/mol. The van der Waals surface area contributed by atoms with Crippen LogP contribution in [-0.2, 0) is 0 Å². The summed E-state index contributed by atoms with van der Waals surface area (Å²) in [4.78, 5) is 0. The summed E-state index contributed by atoms with van der Waals surface area (Å²) in [7, 11) is 0. The summed E-state index contributed by atoms with van der Waals surface area (Å²) in [6.07, 6.45) is 22.5. The molecule has 2 radical (unpaired) electrons. The highest BCUT2D eigenvalue weighted by Gasteiger charge is 2.26. The maximum atomic E-state index is 2.51. The molecule has 4 rings (SSSR count). The SMILES string of the molecule is C[C]1C=CC(c2ccccc2)=CC1C1=CCC=C(C2CCCCC2)[CH]1. The van der Waals surface area contributed by atoms with Crippen LogP contribution in [0, 0.1) is 24.2 Å². The van der Waals surface area contributed by atoms with Crippen LogP contribution in [0.3, 0.4) is 0 Å². The van der Waals surface area contributed by atoms with Gasteiger partial charge in [0.15, 0.2) is 0 Å². The minimum absolute atomic E-state index is 0.424. The van der Waals surface area contributed by atoms with Gasteiger partial charge in [-0.15, -0.1) is 0 Å². The maximum Gasteiger partial charge on any atom is 0.0119 e. The van der Waals surface area contributed by atoms with Crippen molar-refractivity contribution in [1.82, 2.24) is 0 Å². The van der Waals surface area contributed by atoms with Gasteiger partial charge >= 0.3 is 0 Å². The fraction of sp³-hybridized carbons (Fsp3) is 0.360. The minimum atomic E-state index is 0.424. The zero-order chi connectivity index (χ0) is 17.1. The van der Waals surface area contributed by atoms with Gasteiger partial charge in [0.25, 0.3) is 0 Å². The Morgan fingerprint density at radius 1 is 0.840 bits per heavy atom. The van der Waals surface area contributed by atoms with Crippen molar-refractivity contribution in [1.29, 1.82) is 0 Å². The van der Waals surface area contributed by atoms with Crippen LogP contribution in [0.4, 0.5) is 0 Å². The molecule has 1 atom stereocenters. The van der Waals surface area contributed by atoms with Gasteiger partial charge in [-0.25, -0.2) is 0 Å². The summed E-state index contributed by atoms with van der Waals surface area (Å²) >= 11 is 0. The van der Waals surface area contributed by atoms with Gasteiger partial charge in [-0.1, -0.05) is 98.0 Å². The quantitative estimate of drug-likeness (QED) is 0.566. The standard InChI is InChI=1S/C25H28/c1-19-15-16-23(21-11-6-3-7-12-21)18-25(19)24-14-8-13-22(17-24)20-9-4-2-5-10-20/h3,6-7,11-18,20,25H,2,4-5,8-10H2,1H3. The molecule has 1 unspecified atom stereocenters. The Balaban J connectivity index is 1.53. The fourth-order valence-corrected chi connectivity index (χ4v) is 4.45. The van der Waals surface area contributed by atoms with Crippen LogP contribution in [-0.4, -0.2) is 0 Å². The second-order valence-corrected chi connectivity index (χ2v) is 7.67. The molecule has 1 aromatic rings. The van der Waals surface area contributed by atoms with Crippen molar-refractivity contribution in [3.8, 4) is 0 Å². The van der Waals surface area contributed by atoms with Crippen LogP contribution in [0.5, 0.6) is 0 Å². The summed E-state index contributed by atoms with van der Waals surface area (Å²) in [5, 5.41) is 0. The van der Waals surface area contributed by atoms with Crippen molar-refractivity contribution >= 4 is 5.57 Å². The molecule has 0 aliphatic heterocycles. The van der Waals surface area contributed by atoms with E-state index in [0.29, 0.717) is 5.92 Å². The first kappa shape index (κ1) is 16.6. The van der Waals surface area contributed by atoms with E-state index < -0.39 is 0 Å². The first-order valence-electron chi connectivity index (χ1n) is 9.85. The van der Waals surface area contributed by atoms with E-state index in [-0.39, 0.29) is 0 Å². The van der Waals surface area contributed by atoms with E-state index in [2.05, 4.69) is 74.1 Å². The molecule has 0 aromatic heterocycles. The van der Waals surface area contributed by atoms with Gasteiger partial charge in [0.2, 0.25) is 0 Å². The van der Waals surface area contributed by atoms with E-state index in [1.54, 1.807) is 5.57 Å². The molecule has 3 aliphatic rings. The summed E-state index contributed by atoms with van der Waals surface area (Å²) < 4.78 is 0. The summed E-state index contributed by atoms with van der Waals surface area (Å²) in [6.45, 7) is 2.27. The van der Waals surface area contributed by atoms with Gasteiger partial charge in [0, 0.05) is 18.3 Å². The molecule has 0 heterocycles. The monoisotopic (exact) mass is 328 g/mol. The third kappa shape index (κ3) is 3.73. The van der Waals surface area contributed by atoms with Gasteiger partial charge in [-0.2, -0.15) is 0 Å². The Bertz CT molecular complexity index is 708. The van der Waals surface area contributed by atoms with E-state index in [4.69, 9.17) is 0 Å². The van der Waals surface area contributed by atoms with Gasteiger partial charge in [-0.05, 0) is 36.3 Å². The van der Waals surface area contributed by atoms with Crippen LogP contribution in [0.2, 0.25) is 0 Å². The molecule has 0 bridgehead atoms. The molecule has 25 heavy (non-hydrogen) atoms. The molecule has 1 aromatic carbocycles. The van der Waals surface area contributed by atoms with E-state index >= 15 is 0 Å². The summed E-state index contributed by atoms with van der Waals surface area (Å²) in [6, 6.07) is 10.8. The van der Waals surface area contributed by atoms with E-state index in [1.165, 1.54) is 54.7 Å². The number of hydrogen-bond acceptors (Lipinski definition) is 0. The smallest absolute Gasteiger partial charge is 0.0119 e. The third-order valence-electron chi connectivity index (χ3n) is 5.95. The Kier molecular flexibility index (Phi) is 5.06. The highest BCUT2D eigenvalue weighted by Crippen LogP contribution is 2.41. The summed E-state index contributed by atoms with van der Waals surface area (Å²) in [5.74, 6) is 2.68. The van der Waals surface area contributed by atoms with E-state index in [0.717, 1.165) is 12.3 Å². The molecule has 3 aliphatic carbocycles. The largest absolute Gasteiger partial charge is 0.0806 e. The molecule has 0 N–H and O–H groups in total. The molecule has 0 saturated heterocycles. The number of allylic oxidation sites excluding steroid dienone is 8. The van der Waals surface area contributed by atoms with Crippen LogP contribution in [0.1, 0.15) is 51.0 Å². The van der Waals surface area contributed by atoms with Crippen molar-refractivity contribution in [3.05, 3.63) is 89.8 Å². The third-order valence-corrected chi connectivity index (χ3v) is 5.95. The highest BCUT2D eigenvalue weighted by atomic mass is 14.3. The Hall–Kier alpha value is -1.82. The molecule has 1 fully saturated rings. The predicted octanol–water partition coefficient (Wildman–Crippen LogP) is 6.89. The van der Waals surface area contributed by atoms with Crippen molar-refractivity contribution in [2.24, 2.45) is 11.8 Å². The Morgan fingerprint density at radius 2 is 1.60 bits per heavy atom. The summed E-state index contributed by atoms with van der Waals surface area (Å²) in [5.41, 5.74) is 5.77. The van der Waals surface area contributed by atoms with Crippen molar-refractivity contribution in [3.63, 3.8) is 0 Å². The maximum absolute atomic E-state index is 2.51. The van der Waals surface area contributed by atoms with Crippen molar-refractivity contribution in [2.45, 2.75) is 45.4 Å². The van der Waals surface area contributed by atoms with E-state index in [9.17, 15) is 0 Å². The Morgan fingerprint density at radius 3 is 2.40 bits per heavy atom. The number of rotatable bonds is 3. The minimum Gasteiger partial charge on any atom is -0.0806 e. The van der Waals surface area contributed by atoms with Gasteiger partial charge in [0.05, 0.1) is 0 Å². The topological polar surface area (TPSA) is 0 Å². The number of hydrogen-bond donors (Lipinski definition) is 0. The van der Waals surface area contributed by atoms with Gasteiger partial charge < -0.3 is 0 Å². The molecule has 0 nitrogen and oxygen atoms in total. The van der Waals surface area contributed by atoms with Crippen molar-refractivity contribution < 1.29 is 0 Å². The molecule has 128 valence electrons.